The van der Waals surface area contributed by atoms with E-state index in [0.29, 0.717) is 34.4 Å². The smallest absolute Gasteiger partial charge is 0.262 e. The molecule has 0 spiro atoms. The van der Waals surface area contributed by atoms with Crippen LogP contribution in [-0.2, 0) is 9.59 Å². The zero-order chi connectivity index (χ0) is 24.6. The summed E-state index contributed by atoms with van der Waals surface area (Å²) in [5.74, 6) is -0.0789. The minimum Gasteiger partial charge on any atom is -0.490 e. The van der Waals surface area contributed by atoms with Crippen molar-refractivity contribution in [3.63, 3.8) is 0 Å². The Kier molecular flexibility index (Phi) is 7.89. The second kappa shape index (κ2) is 11.4. The van der Waals surface area contributed by atoms with Crippen LogP contribution in [-0.4, -0.2) is 30.5 Å². The Morgan fingerprint density at radius 2 is 1.83 bits per heavy atom. The first-order chi connectivity index (χ1) is 17.0. The SMILES string of the molecule is CCOc1cc(/C=C2\SC(Nc3ccccc3F)NC2=O)ccc1OCC(=O)Nc1ccccc1. The molecule has 0 radical (unpaired) electrons. The number of anilines is 2. The Balaban J connectivity index is 1.41. The van der Waals surface area contributed by atoms with Gasteiger partial charge < -0.3 is 25.4 Å². The van der Waals surface area contributed by atoms with Crippen molar-refractivity contribution in [2.75, 3.05) is 23.8 Å². The molecule has 35 heavy (non-hydrogen) atoms. The number of rotatable bonds is 9. The Labute approximate surface area is 206 Å². The molecule has 1 aliphatic heterocycles. The maximum absolute atomic E-state index is 13.9. The number of carbonyl (C=O) groups is 2. The average Bonchev–Trinajstić information content (AvgIpc) is 3.19. The van der Waals surface area contributed by atoms with E-state index in [1.165, 1.54) is 17.8 Å². The topological polar surface area (TPSA) is 88.7 Å². The van der Waals surface area contributed by atoms with Crippen molar-refractivity contribution in [2.24, 2.45) is 0 Å². The average molecular weight is 494 g/mol. The highest BCUT2D eigenvalue weighted by atomic mass is 32.2. The van der Waals surface area contributed by atoms with Crippen LogP contribution in [0.5, 0.6) is 11.5 Å². The number of amides is 2. The van der Waals surface area contributed by atoms with E-state index >= 15 is 0 Å². The van der Waals surface area contributed by atoms with E-state index in [1.54, 1.807) is 54.6 Å². The molecular formula is C26H24FN3O4S. The predicted octanol–water partition coefficient (Wildman–Crippen LogP) is 4.84. The summed E-state index contributed by atoms with van der Waals surface area (Å²) < 4.78 is 25.3. The van der Waals surface area contributed by atoms with E-state index in [1.807, 2.05) is 25.1 Å². The molecule has 7 nitrogen and oxygen atoms in total. The van der Waals surface area contributed by atoms with Crippen molar-refractivity contribution >= 4 is 41.0 Å². The molecule has 3 N–H and O–H groups in total. The summed E-state index contributed by atoms with van der Waals surface area (Å²) in [7, 11) is 0. The molecule has 1 unspecified atom stereocenters. The van der Waals surface area contributed by atoms with E-state index in [9.17, 15) is 14.0 Å². The van der Waals surface area contributed by atoms with Gasteiger partial charge in [0.25, 0.3) is 11.8 Å². The van der Waals surface area contributed by atoms with Crippen LogP contribution in [0.2, 0.25) is 0 Å². The molecule has 0 aliphatic carbocycles. The van der Waals surface area contributed by atoms with E-state index in [0.717, 1.165) is 5.56 Å². The lowest BCUT2D eigenvalue weighted by atomic mass is 10.2. The summed E-state index contributed by atoms with van der Waals surface area (Å²) >= 11 is 1.25. The fourth-order valence-electron chi connectivity index (χ4n) is 3.30. The Hall–Kier alpha value is -3.98. The number of nitrogens with one attached hydrogen (secondary N) is 3. The van der Waals surface area contributed by atoms with Crippen LogP contribution >= 0.6 is 11.8 Å². The van der Waals surface area contributed by atoms with Crippen LogP contribution in [0, 0.1) is 5.82 Å². The maximum Gasteiger partial charge on any atom is 0.262 e. The first kappa shape index (κ1) is 24.2. The van der Waals surface area contributed by atoms with E-state index in [-0.39, 0.29) is 18.4 Å². The van der Waals surface area contributed by atoms with Gasteiger partial charge in [-0.15, -0.1) is 0 Å². The largest absolute Gasteiger partial charge is 0.490 e. The molecule has 4 rings (SSSR count). The molecule has 0 bridgehead atoms. The molecule has 3 aromatic carbocycles. The van der Waals surface area contributed by atoms with Crippen LogP contribution in [0.3, 0.4) is 0 Å². The van der Waals surface area contributed by atoms with Crippen molar-refractivity contribution < 1.29 is 23.5 Å². The lowest BCUT2D eigenvalue weighted by Crippen LogP contribution is -2.31. The van der Waals surface area contributed by atoms with Crippen LogP contribution in [0.4, 0.5) is 15.8 Å². The lowest BCUT2D eigenvalue weighted by molar-refractivity contribution is -0.118. The Morgan fingerprint density at radius 1 is 1.06 bits per heavy atom. The van der Waals surface area contributed by atoms with Crippen LogP contribution < -0.4 is 25.4 Å². The van der Waals surface area contributed by atoms with E-state index in [2.05, 4.69) is 16.0 Å². The number of carbonyl (C=O) groups excluding carboxylic acids is 2. The number of benzene rings is 3. The van der Waals surface area contributed by atoms with Gasteiger partial charge in [-0.05, 0) is 55.0 Å². The monoisotopic (exact) mass is 493 g/mol. The van der Waals surface area contributed by atoms with Gasteiger partial charge in [-0.3, -0.25) is 9.59 Å². The Morgan fingerprint density at radius 3 is 2.60 bits per heavy atom. The van der Waals surface area contributed by atoms with Crippen molar-refractivity contribution in [1.82, 2.24) is 5.32 Å². The highest BCUT2D eigenvalue weighted by Gasteiger charge is 2.27. The lowest BCUT2D eigenvalue weighted by Gasteiger charge is -2.13. The van der Waals surface area contributed by atoms with Gasteiger partial charge in [0.2, 0.25) is 0 Å². The summed E-state index contributed by atoms with van der Waals surface area (Å²) in [5.41, 5.74) is 1.22. The van der Waals surface area contributed by atoms with Gasteiger partial charge in [-0.25, -0.2) is 4.39 Å². The molecule has 2 amide bonds. The van der Waals surface area contributed by atoms with Gasteiger partial charge in [-0.1, -0.05) is 48.2 Å². The summed E-state index contributed by atoms with van der Waals surface area (Å²) in [5, 5.41) is 8.52. The van der Waals surface area contributed by atoms with Crippen molar-refractivity contribution in [1.29, 1.82) is 0 Å². The molecule has 1 fully saturated rings. The Bertz CT molecular complexity index is 1240. The highest BCUT2D eigenvalue weighted by Crippen LogP contribution is 2.33. The molecule has 1 heterocycles. The van der Waals surface area contributed by atoms with Crippen LogP contribution in [0.25, 0.3) is 6.08 Å². The minimum absolute atomic E-state index is 0.183. The minimum atomic E-state index is -0.497. The second-order valence-corrected chi connectivity index (χ2v) is 8.59. The highest BCUT2D eigenvalue weighted by molar-refractivity contribution is 8.05. The number of para-hydroxylation sites is 2. The fraction of sp³-hybridized carbons (Fsp3) is 0.154. The number of ether oxygens (including phenoxy) is 2. The van der Waals surface area contributed by atoms with Gasteiger partial charge in [-0.2, -0.15) is 0 Å². The zero-order valence-electron chi connectivity index (χ0n) is 18.9. The third-order valence-corrected chi connectivity index (χ3v) is 5.90. The van der Waals surface area contributed by atoms with Crippen molar-refractivity contribution in [2.45, 2.75) is 12.4 Å². The zero-order valence-corrected chi connectivity index (χ0v) is 19.7. The molecular weight excluding hydrogens is 469 g/mol. The fourth-order valence-corrected chi connectivity index (χ4v) is 4.28. The first-order valence-corrected chi connectivity index (χ1v) is 11.8. The van der Waals surface area contributed by atoms with Gasteiger partial charge in [0.1, 0.15) is 5.82 Å². The van der Waals surface area contributed by atoms with Gasteiger partial charge in [0, 0.05) is 5.69 Å². The second-order valence-electron chi connectivity index (χ2n) is 7.45. The molecule has 9 heteroatoms. The third kappa shape index (κ3) is 6.54. The van der Waals surface area contributed by atoms with Crippen LogP contribution in [0.1, 0.15) is 12.5 Å². The molecule has 3 aromatic rings. The summed E-state index contributed by atoms with van der Waals surface area (Å²) in [6.07, 6.45) is 1.72. The van der Waals surface area contributed by atoms with Gasteiger partial charge in [0.15, 0.2) is 23.6 Å². The summed E-state index contributed by atoms with van der Waals surface area (Å²) in [6.45, 7) is 2.06. The van der Waals surface area contributed by atoms with Crippen molar-refractivity contribution in [3.8, 4) is 11.5 Å². The molecule has 1 aliphatic rings. The normalized spacial score (nSPS) is 16.0. The molecule has 0 saturated carbocycles. The number of hydrogen-bond donors (Lipinski definition) is 3. The van der Waals surface area contributed by atoms with E-state index in [4.69, 9.17) is 9.47 Å². The maximum atomic E-state index is 13.9. The summed E-state index contributed by atoms with van der Waals surface area (Å²) in [6, 6.07) is 20.6. The number of thioether (sulfide) groups is 1. The number of hydrogen-bond acceptors (Lipinski definition) is 6. The van der Waals surface area contributed by atoms with Crippen molar-refractivity contribution in [3.05, 3.63) is 89.1 Å². The van der Waals surface area contributed by atoms with Crippen LogP contribution in [0.15, 0.2) is 77.7 Å². The molecule has 1 saturated heterocycles. The van der Waals surface area contributed by atoms with E-state index < -0.39 is 11.3 Å². The molecule has 0 aromatic heterocycles. The molecule has 1 atom stereocenters. The molecule has 180 valence electrons. The third-order valence-electron chi connectivity index (χ3n) is 4.87. The summed E-state index contributed by atoms with van der Waals surface area (Å²) in [4.78, 5) is 25.1. The quantitative estimate of drug-likeness (QED) is 0.370. The van der Waals surface area contributed by atoms with Gasteiger partial charge in [0.05, 0.1) is 17.2 Å². The van der Waals surface area contributed by atoms with Gasteiger partial charge >= 0.3 is 0 Å². The number of halogens is 1. The standard InChI is InChI=1S/C26H24FN3O4S/c1-2-33-22-14-17(12-13-21(22)34-16-24(31)28-18-8-4-3-5-9-18)15-23-25(32)30-26(35-23)29-20-11-7-6-10-19(20)27/h3-15,26,29H,2,16H2,1H3,(H,28,31)(H,30,32)/b23-15-. The predicted molar refractivity (Wildman–Crippen MR) is 136 cm³/mol. The first-order valence-electron chi connectivity index (χ1n) is 11.0.